The molecule has 1 saturated heterocycles. The van der Waals surface area contributed by atoms with Crippen LogP contribution in [0.25, 0.3) is 0 Å². The molecule has 0 aromatic rings. The van der Waals surface area contributed by atoms with Crippen LogP contribution in [0.4, 0.5) is 0 Å². The smallest absolute Gasteiger partial charge is 0.116 e. The molecule has 0 aromatic heterocycles. The molecule has 10 heavy (non-hydrogen) atoms. The van der Waals surface area contributed by atoms with Crippen molar-refractivity contribution < 1.29 is 4.84 Å². The second kappa shape index (κ2) is 3.91. The lowest BCUT2D eigenvalue weighted by Gasteiger charge is -2.28. The molecule has 0 spiro atoms. The van der Waals surface area contributed by atoms with Crippen molar-refractivity contribution in [2.45, 2.75) is 19.8 Å². The van der Waals surface area contributed by atoms with Crippen LogP contribution in [0.2, 0.25) is 0 Å². The van der Waals surface area contributed by atoms with Crippen molar-refractivity contribution in [3.63, 3.8) is 0 Å². The normalized spacial score (nSPS) is 23.4. The van der Waals surface area contributed by atoms with Crippen LogP contribution in [-0.2, 0) is 4.84 Å². The van der Waals surface area contributed by atoms with Gasteiger partial charge in [0.25, 0.3) is 0 Å². The third-order valence-electron chi connectivity index (χ3n) is 2.00. The first-order valence-electron chi connectivity index (χ1n) is 3.91. The van der Waals surface area contributed by atoms with E-state index in [4.69, 9.17) is 10.6 Å². The highest BCUT2D eigenvalue weighted by Crippen LogP contribution is 2.15. The van der Waals surface area contributed by atoms with Crippen LogP contribution in [0, 0.1) is 5.92 Å². The van der Waals surface area contributed by atoms with Crippen molar-refractivity contribution in [1.29, 1.82) is 0 Å². The quantitative estimate of drug-likeness (QED) is 0.576. The summed E-state index contributed by atoms with van der Waals surface area (Å²) >= 11 is 0. The van der Waals surface area contributed by atoms with Gasteiger partial charge in [0, 0.05) is 13.1 Å². The summed E-state index contributed by atoms with van der Waals surface area (Å²) in [5, 5.41) is 1.96. The Morgan fingerprint density at radius 3 is 2.60 bits per heavy atom. The van der Waals surface area contributed by atoms with Gasteiger partial charge >= 0.3 is 0 Å². The molecule has 0 unspecified atom stereocenters. The van der Waals surface area contributed by atoms with E-state index in [0.717, 1.165) is 19.0 Å². The first-order chi connectivity index (χ1) is 4.83. The number of piperidine rings is 1. The van der Waals surface area contributed by atoms with E-state index >= 15 is 0 Å². The maximum atomic E-state index is 5.23. The Hall–Kier alpha value is -0.120. The van der Waals surface area contributed by atoms with Gasteiger partial charge in [-0.15, -0.1) is 0 Å². The number of rotatable bonds is 2. The predicted molar refractivity (Wildman–Crippen MR) is 40.1 cm³/mol. The first kappa shape index (κ1) is 7.98. The molecule has 1 aliphatic heterocycles. The van der Waals surface area contributed by atoms with E-state index in [0.29, 0.717) is 6.73 Å². The molecule has 2 N–H and O–H groups in total. The van der Waals surface area contributed by atoms with Crippen molar-refractivity contribution in [1.82, 2.24) is 5.06 Å². The fraction of sp³-hybridized carbons (Fsp3) is 1.00. The lowest BCUT2D eigenvalue weighted by Crippen LogP contribution is -2.34. The zero-order valence-electron chi connectivity index (χ0n) is 6.55. The van der Waals surface area contributed by atoms with E-state index in [-0.39, 0.29) is 0 Å². The standard InChI is InChI=1S/C7H16N2O/c1-7-2-4-9(5-3-7)10-6-8/h7H,2-6,8H2,1H3. The van der Waals surface area contributed by atoms with E-state index in [1.54, 1.807) is 0 Å². The highest BCUT2D eigenvalue weighted by molar-refractivity contribution is 4.63. The summed E-state index contributed by atoms with van der Waals surface area (Å²) in [6.07, 6.45) is 2.47. The summed E-state index contributed by atoms with van der Waals surface area (Å²) in [6.45, 7) is 4.67. The fourth-order valence-corrected chi connectivity index (χ4v) is 1.22. The summed E-state index contributed by atoms with van der Waals surface area (Å²) in [5.74, 6) is 0.859. The maximum absolute atomic E-state index is 5.23. The van der Waals surface area contributed by atoms with Gasteiger partial charge in [-0.1, -0.05) is 6.92 Å². The summed E-state index contributed by atoms with van der Waals surface area (Å²) in [7, 11) is 0. The lowest BCUT2D eigenvalue weighted by molar-refractivity contribution is -0.171. The Morgan fingerprint density at radius 1 is 1.50 bits per heavy atom. The number of nitrogens with two attached hydrogens (primary N) is 1. The number of hydroxylamine groups is 2. The Labute approximate surface area is 62.1 Å². The molecule has 0 atom stereocenters. The fourth-order valence-electron chi connectivity index (χ4n) is 1.22. The number of nitrogens with zero attached hydrogens (tertiary/aromatic N) is 1. The Bertz CT molecular complexity index is 89.6. The molecule has 60 valence electrons. The summed E-state index contributed by atoms with van der Waals surface area (Å²) < 4.78 is 0. The van der Waals surface area contributed by atoms with Gasteiger partial charge in [-0.25, -0.2) is 0 Å². The minimum absolute atomic E-state index is 0.314. The van der Waals surface area contributed by atoms with E-state index in [1.807, 2.05) is 5.06 Å². The summed E-state index contributed by atoms with van der Waals surface area (Å²) in [4.78, 5) is 5.14. The largest absolute Gasteiger partial charge is 0.307 e. The van der Waals surface area contributed by atoms with Gasteiger partial charge in [0.15, 0.2) is 0 Å². The zero-order valence-corrected chi connectivity index (χ0v) is 6.55. The minimum Gasteiger partial charge on any atom is -0.307 e. The van der Waals surface area contributed by atoms with Gasteiger partial charge in [0.05, 0.1) is 0 Å². The molecule has 0 bridgehead atoms. The lowest BCUT2D eigenvalue weighted by atomic mass is 10.0. The molecule has 3 heteroatoms. The molecule has 0 saturated carbocycles. The Morgan fingerprint density at radius 2 is 2.10 bits per heavy atom. The second-order valence-corrected chi connectivity index (χ2v) is 2.91. The van der Waals surface area contributed by atoms with Gasteiger partial charge in [-0.3, -0.25) is 4.84 Å². The zero-order chi connectivity index (χ0) is 7.40. The molecule has 0 amide bonds. The molecule has 1 aliphatic rings. The maximum Gasteiger partial charge on any atom is 0.116 e. The predicted octanol–water partition coefficient (Wildman–Crippen LogP) is 0.566. The Kier molecular flexibility index (Phi) is 3.12. The van der Waals surface area contributed by atoms with E-state index in [2.05, 4.69) is 6.92 Å². The van der Waals surface area contributed by atoms with Crippen molar-refractivity contribution in [3.05, 3.63) is 0 Å². The van der Waals surface area contributed by atoms with Crippen molar-refractivity contribution >= 4 is 0 Å². The third-order valence-corrected chi connectivity index (χ3v) is 2.00. The van der Waals surface area contributed by atoms with Crippen molar-refractivity contribution in [3.8, 4) is 0 Å². The van der Waals surface area contributed by atoms with E-state index < -0.39 is 0 Å². The molecule has 1 heterocycles. The van der Waals surface area contributed by atoms with Crippen LogP contribution >= 0.6 is 0 Å². The summed E-state index contributed by atoms with van der Waals surface area (Å²) in [6, 6.07) is 0. The van der Waals surface area contributed by atoms with Gasteiger partial charge < -0.3 is 5.73 Å². The molecule has 0 aliphatic carbocycles. The third kappa shape index (κ3) is 2.25. The highest BCUT2D eigenvalue weighted by atomic mass is 16.7. The molecule has 3 nitrogen and oxygen atoms in total. The SMILES string of the molecule is CC1CCN(OCN)CC1. The average Bonchev–Trinajstić information content (AvgIpc) is 1.95. The van der Waals surface area contributed by atoms with Crippen LogP contribution in [0.1, 0.15) is 19.8 Å². The van der Waals surface area contributed by atoms with Gasteiger partial charge in [0.2, 0.25) is 0 Å². The monoisotopic (exact) mass is 144 g/mol. The van der Waals surface area contributed by atoms with Crippen LogP contribution in [0.15, 0.2) is 0 Å². The number of hydrogen-bond acceptors (Lipinski definition) is 3. The number of hydrogen-bond donors (Lipinski definition) is 1. The molecule has 0 aromatic carbocycles. The van der Waals surface area contributed by atoms with Crippen LogP contribution in [0.3, 0.4) is 0 Å². The highest BCUT2D eigenvalue weighted by Gasteiger charge is 2.14. The molecular formula is C7H16N2O. The van der Waals surface area contributed by atoms with Gasteiger partial charge in [-0.05, 0) is 18.8 Å². The minimum atomic E-state index is 0.314. The van der Waals surface area contributed by atoms with E-state index in [1.165, 1.54) is 12.8 Å². The van der Waals surface area contributed by atoms with Gasteiger partial charge in [-0.2, -0.15) is 5.06 Å². The van der Waals surface area contributed by atoms with Crippen LogP contribution < -0.4 is 5.73 Å². The van der Waals surface area contributed by atoms with Crippen LogP contribution in [0.5, 0.6) is 0 Å². The average molecular weight is 144 g/mol. The summed E-state index contributed by atoms with van der Waals surface area (Å²) in [5.41, 5.74) is 5.23. The molecule has 1 rings (SSSR count). The topological polar surface area (TPSA) is 38.5 Å². The van der Waals surface area contributed by atoms with E-state index in [9.17, 15) is 0 Å². The molecule has 0 radical (unpaired) electrons. The van der Waals surface area contributed by atoms with Crippen molar-refractivity contribution in [2.75, 3.05) is 19.8 Å². The Balaban J connectivity index is 2.13. The molecule has 1 fully saturated rings. The van der Waals surface area contributed by atoms with Crippen molar-refractivity contribution in [2.24, 2.45) is 11.7 Å². The molecular weight excluding hydrogens is 128 g/mol. The second-order valence-electron chi connectivity index (χ2n) is 2.91. The first-order valence-corrected chi connectivity index (χ1v) is 3.91. The van der Waals surface area contributed by atoms with Crippen LogP contribution in [-0.4, -0.2) is 24.9 Å². The van der Waals surface area contributed by atoms with Gasteiger partial charge in [0.1, 0.15) is 6.73 Å².